The number of rotatable bonds is 40. The summed E-state index contributed by atoms with van der Waals surface area (Å²) in [5.41, 5.74) is 0. The van der Waals surface area contributed by atoms with Crippen LogP contribution in [0.4, 0.5) is 0 Å². The molecule has 6 heteroatoms. The minimum absolute atomic E-state index is 0.0883. The molecular weight excluding hydrogens is 685 g/mol. The number of carbonyl (C=O) groups excluding carboxylic acids is 3. The van der Waals surface area contributed by atoms with Crippen LogP contribution in [0.25, 0.3) is 0 Å². The minimum atomic E-state index is -0.785. The molecule has 316 valence electrons. The van der Waals surface area contributed by atoms with Crippen molar-refractivity contribution in [1.82, 2.24) is 0 Å². The monoisotopic (exact) mass is 769 g/mol. The van der Waals surface area contributed by atoms with E-state index >= 15 is 0 Å². The quantitative estimate of drug-likeness (QED) is 0.0267. The van der Waals surface area contributed by atoms with E-state index < -0.39 is 6.10 Å². The number of unbranched alkanes of at least 4 members (excludes halogenated alkanes) is 19. The molecule has 0 aromatic rings. The largest absolute Gasteiger partial charge is 0.462 e. The molecule has 55 heavy (non-hydrogen) atoms. The highest BCUT2D eigenvalue weighted by Crippen LogP contribution is 2.13. The number of hydrogen-bond donors (Lipinski definition) is 0. The summed E-state index contributed by atoms with van der Waals surface area (Å²) in [4.78, 5) is 37.7. The van der Waals surface area contributed by atoms with E-state index in [1.165, 1.54) is 57.8 Å². The first-order valence-electron chi connectivity index (χ1n) is 22.8. The van der Waals surface area contributed by atoms with Gasteiger partial charge in [-0.1, -0.05) is 165 Å². The van der Waals surface area contributed by atoms with E-state index in [2.05, 4.69) is 81.5 Å². The first-order chi connectivity index (χ1) is 27.0. The van der Waals surface area contributed by atoms with Crippen molar-refractivity contribution in [2.24, 2.45) is 0 Å². The molecule has 0 aliphatic heterocycles. The van der Waals surface area contributed by atoms with Gasteiger partial charge in [0.15, 0.2) is 6.10 Å². The van der Waals surface area contributed by atoms with Gasteiger partial charge in [0.1, 0.15) is 13.2 Å². The summed E-state index contributed by atoms with van der Waals surface area (Å²) >= 11 is 0. The standard InChI is InChI=1S/C49H84O6/c1-4-7-10-13-16-19-22-23-24-25-28-30-33-36-39-42-48(51)54-45-46(55-49(52)43-40-37-34-31-27-21-18-15-12-9-6-3)44-53-47(50)41-38-35-32-29-26-20-17-14-11-8-5-2/h7,10,14-19,23-24,46H,4-6,8-9,11-13,20-22,25-45H2,1-3H3/b10-7-,17-14-,18-15-,19-16-,24-23-. The van der Waals surface area contributed by atoms with Crippen LogP contribution in [0.2, 0.25) is 0 Å². The normalized spacial score (nSPS) is 12.6. The second-order valence-corrected chi connectivity index (χ2v) is 14.9. The molecule has 0 N–H and O–H groups in total. The number of carbonyl (C=O) groups is 3. The van der Waals surface area contributed by atoms with Crippen molar-refractivity contribution in [2.45, 2.75) is 219 Å². The summed E-state index contributed by atoms with van der Waals surface area (Å²) in [6.07, 6.45) is 52.0. The third-order valence-corrected chi connectivity index (χ3v) is 9.48. The third kappa shape index (κ3) is 42.1. The predicted octanol–water partition coefficient (Wildman–Crippen LogP) is 14.5. The lowest BCUT2D eigenvalue weighted by molar-refractivity contribution is -0.167. The molecule has 0 heterocycles. The van der Waals surface area contributed by atoms with Gasteiger partial charge in [0.2, 0.25) is 0 Å². The molecule has 1 atom stereocenters. The predicted molar refractivity (Wildman–Crippen MR) is 233 cm³/mol. The molecular formula is C49H84O6. The Hall–Kier alpha value is -2.89. The van der Waals surface area contributed by atoms with Gasteiger partial charge in [-0.05, 0) is 89.9 Å². The van der Waals surface area contributed by atoms with Crippen molar-refractivity contribution >= 4 is 17.9 Å². The maximum atomic E-state index is 12.7. The lowest BCUT2D eigenvalue weighted by atomic mass is 10.1. The van der Waals surface area contributed by atoms with E-state index in [-0.39, 0.29) is 31.1 Å². The Morgan fingerprint density at radius 2 is 0.709 bits per heavy atom. The van der Waals surface area contributed by atoms with Gasteiger partial charge < -0.3 is 14.2 Å². The third-order valence-electron chi connectivity index (χ3n) is 9.48. The Morgan fingerprint density at radius 3 is 1.13 bits per heavy atom. The summed E-state index contributed by atoms with van der Waals surface area (Å²) in [5.74, 6) is -0.929. The van der Waals surface area contributed by atoms with Crippen LogP contribution >= 0.6 is 0 Å². The lowest BCUT2D eigenvalue weighted by Gasteiger charge is -2.18. The summed E-state index contributed by atoms with van der Waals surface area (Å²) in [6.45, 7) is 6.40. The van der Waals surface area contributed by atoms with Crippen molar-refractivity contribution in [3.05, 3.63) is 60.8 Å². The zero-order valence-corrected chi connectivity index (χ0v) is 35.9. The minimum Gasteiger partial charge on any atom is -0.462 e. The molecule has 0 amide bonds. The Kier molecular flexibility index (Phi) is 41.5. The van der Waals surface area contributed by atoms with Gasteiger partial charge in [-0.15, -0.1) is 0 Å². The maximum Gasteiger partial charge on any atom is 0.306 e. The molecule has 0 aromatic heterocycles. The van der Waals surface area contributed by atoms with Crippen LogP contribution in [0.1, 0.15) is 213 Å². The average Bonchev–Trinajstić information content (AvgIpc) is 3.18. The van der Waals surface area contributed by atoms with Crippen molar-refractivity contribution in [3.63, 3.8) is 0 Å². The number of esters is 3. The highest BCUT2D eigenvalue weighted by atomic mass is 16.6. The van der Waals surface area contributed by atoms with Gasteiger partial charge >= 0.3 is 17.9 Å². The van der Waals surface area contributed by atoms with Gasteiger partial charge in [0.05, 0.1) is 0 Å². The maximum absolute atomic E-state index is 12.7. The molecule has 1 unspecified atom stereocenters. The fourth-order valence-corrected chi connectivity index (χ4v) is 6.00. The highest BCUT2D eigenvalue weighted by Gasteiger charge is 2.19. The topological polar surface area (TPSA) is 78.9 Å². The van der Waals surface area contributed by atoms with Crippen LogP contribution in [0, 0.1) is 0 Å². The average molecular weight is 769 g/mol. The van der Waals surface area contributed by atoms with E-state index in [1.54, 1.807) is 0 Å². The Balaban J connectivity index is 4.41. The van der Waals surface area contributed by atoms with Gasteiger partial charge in [-0.3, -0.25) is 14.4 Å². The van der Waals surface area contributed by atoms with E-state index in [4.69, 9.17) is 14.2 Å². The molecule has 0 rings (SSSR count). The second-order valence-electron chi connectivity index (χ2n) is 14.9. The number of hydrogen-bond acceptors (Lipinski definition) is 6. The van der Waals surface area contributed by atoms with E-state index in [0.717, 1.165) is 116 Å². The smallest absolute Gasteiger partial charge is 0.306 e. The van der Waals surface area contributed by atoms with Crippen LogP contribution in [-0.2, 0) is 28.6 Å². The Labute approximate surface area is 339 Å². The molecule has 6 nitrogen and oxygen atoms in total. The van der Waals surface area contributed by atoms with Crippen molar-refractivity contribution in [2.75, 3.05) is 13.2 Å². The highest BCUT2D eigenvalue weighted by molar-refractivity contribution is 5.71. The summed E-state index contributed by atoms with van der Waals surface area (Å²) in [6, 6.07) is 0. The Morgan fingerprint density at radius 1 is 0.382 bits per heavy atom. The van der Waals surface area contributed by atoms with Crippen LogP contribution in [0.3, 0.4) is 0 Å². The molecule has 0 aliphatic carbocycles. The second kappa shape index (κ2) is 43.8. The van der Waals surface area contributed by atoms with E-state index in [1.807, 2.05) is 0 Å². The van der Waals surface area contributed by atoms with Gasteiger partial charge in [0, 0.05) is 19.3 Å². The van der Waals surface area contributed by atoms with Crippen molar-refractivity contribution < 1.29 is 28.6 Å². The lowest BCUT2D eigenvalue weighted by Crippen LogP contribution is -2.30. The molecule has 0 radical (unpaired) electrons. The molecule has 0 saturated heterocycles. The summed E-state index contributed by atoms with van der Waals surface area (Å²) in [5, 5.41) is 0. The summed E-state index contributed by atoms with van der Waals surface area (Å²) < 4.78 is 16.7. The molecule has 0 bridgehead atoms. The first kappa shape index (κ1) is 52.1. The van der Waals surface area contributed by atoms with Crippen LogP contribution in [-0.4, -0.2) is 37.2 Å². The van der Waals surface area contributed by atoms with Crippen molar-refractivity contribution in [1.29, 1.82) is 0 Å². The summed E-state index contributed by atoms with van der Waals surface area (Å²) in [7, 11) is 0. The molecule has 0 aromatic carbocycles. The van der Waals surface area contributed by atoms with Crippen LogP contribution in [0.5, 0.6) is 0 Å². The fourth-order valence-electron chi connectivity index (χ4n) is 6.00. The number of ether oxygens (including phenoxy) is 3. The van der Waals surface area contributed by atoms with Crippen LogP contribution < -0.4 is 0 Å². The SMILES string of the molecule is CC/C=C\C/C=C\C/C=C\CCCCCCCC(=O)OCC(COC(=O)CCCCCCC/C=C\CCCC)OC(=O)CCCCCCC/C=C\CCCC. The first-order valence-corrected chi connectivity index (χ1v) is 22.8. The van der Waals surface area contributed by atoms with Gasteiger partial charge in [-0.25, -0.2) is 0 Å². The van der Waals surface area contributed by atoms with Crippen LogP contribution in [0.15, 0.2) is 60.8 Å². The zero-order chi connectivity index (χ0) is 40.1. The fraction of sp³-hybridized carbons (Fsp3) is 0.735. The number of allylic oxidation sites excluding steroid dienone is 10. The van der Waals surface area contributed by atoms with E-state index in [0.29, 0.717) is 19.3 Å². The molecule has 0 fully saturated rings. The molecule has 0 aliphatic rings. The van der Waals surface area contributed by atoms with Gasteiger partial charge in [-0.2, -0.15) is 0 Å². The molecule has 0 spiro atoms. The van der Waals surface area contributed by atoms with E-state index in [9.17, 15) is 14.4 Å². The van der Waals surface area contributed by atoms with Crippen molar-refractivity contribution in [3.8, 4) is 0 Å². The Bertz CT molecular complexity index is 1020. The van der Waals surface area contributed by atoms with Gasteiger partial charge in [0.25, 0.3) is 0 Å². The molecule has 0 saturated carbocycles. The zero-order valence-electron chi connectivity index (χ0n) is 35.9.